The maximum atomic E-state index is 12.7. The van der Waals surface area contributed by atoms with Gasteiger partial charge in [-0.1, -0.05) is 0 Å². The van der Waals surface area contributed by atoms with Gasteiger partial charge < -0.3 is 9.47 Å². The maximum Gasteiger partial charge on any atom is 0.585 e. The lowest BCUT2D eigenvalue weighted by Gasteiger charge is -2.15. The smallest absolute Gasteiger partial charge is 0.407 e. The Morgan fingerprint density at radius 1 is 1.43 bits per heavy atom. The van der Waals surface area contributed by atoms with Gasteiger partial charge in [-0.05, 0) is 25.2 Å². The third-order valence-electron chi connectivity index (χ3n) is 1.39. The average molecular weight is 202 g/mol. The van der Waals surface area contributed by atoms with Crippen molar-refractivity contribution in [3.8, 4) is 0 Å². The standard InChI is InChI=1S/C9H8F2O3/c1-7-2-3-8(6-12)4-5-13-9(10,11)14-7/h2-6H,1H3/b5-4+,7-2+,8-3+. The highest BCUT2D eigenvalue weighted by Gasteiger charge is 2.34. The summed E-state index contributed by atoms with van der Waals surface area (Å²) in [5, 5.41) is 0. The number of carbonyl (C=O) groups excluding carboxylic acids is 1. The molecular formula is C9H8F2O3. The van der Waals surface area contributed by atoms with Gasteiger partial charge in [-0.15, -0.1) is 8.78 Å². The molecule has 0 aromatic carbocycles. The second-order valence-electron chi connectivity index (χ2n) is 2.55. The van der Waals surface area contributed by atoms with Gasteiger partial charge in [0.05, 0.1) is 6.26 Å². The maximum absolute atomic E-state index is 12.7. The molecule has 0 saturated carbocycles. The molecule has 0 atom stereocenters. The van der Waals surface area contributed by atoms with Crippen molar-refractivity contribution >= 4 is 6.29 Å². The Balaban J connectivity index is 2.94. The van der Waals surface area contributed by atoms with Gasteiger partial charge in [0, 0.05) is 5.57 Å². The van der Waals surface area contributed by atoms with E-state index < -0.39 is 6.29 Å². The average Bonchev–Trinajstić information content (AvgIpc) is 2.14. The summed E-state index contributed by atoms with van der Waals surface area (Å²) in [6, 6.07) is 0. The summed E-state index contributed by atoms with van der Waals surface area (Å²) < 4.78 is 33.4. The van der Waals surface area contributed by atoms with Crippen molar-refractivity contribution in [2.75, 3.05) is 0 Å². The van der Waals surface area contributed by atoms with Crippen molar-refractivity contribution in [2.45, 2.75) is 13.2 Å². The number of aldehydes is 1. The van der Waals surface area contributed by atoms with Gasteiger partial charge in [0.1, 0.15) is 12.0 Å². The van der Waals surface area contributed by atoms with E-state index in [2.05, 4.69) is 9.47 Å². The Bertz CT molecular complexity index is 316. The largest absolute Gasteiger partial charge is 0.585 e. The molecule has 0 unspecified atom stereocenters. The summed E-state index contributed by atoms with van der Waals surface area (Å²) >= 11 is 0. The summed E-state index contributed by atoms with van der Waals surface area (Å²) in [6.45, 7) is 1.33. The number of hydrogen-bond acceptors (Lipinski definition) is 3. The molecule has 76 valence electrons. The molecule has 0 aromatic rings. The van der Waals surface area contributed by atoms with Crippen LogP contribution in [-0.2, 0) is 14.3 Å². The Labute approximate surface area is 79.3 Å². The minimum atomic E-state index is -3.71. The van der Waals surface area contributed by atoms with Crippen LogP contribution in [0.1, 0.15) is 6.92 Å². The fraction of sp³-hybridized carbons (Fsp3) is 0.222. The number of alkyl halides is 2. The molecule has 5 heteroatoms. The van der Waals surface area contributed by atoms with Crippen LogP contribution >= 0.6 is 0 Å². The highest BCUT2D eigenvalue weighted by atomic mass is 19.3. The van der Waals surface area contributed by atoms with Crippen LogP contribution in [0.25, 0.3) is 0 Å². The summed E-state index contributed by atoms with van der Waals surface area (Å²) in [5.74, 6) is -0.0435. The van der Waals surface area contributed by atoms with Crippen LogP contribution < -0.4 is 0 Å². The molecule has 0 spiro atoms. The van der Waals surface area contributed by atoms with E-state index >= 15 is 0 Å². The van der Waals surface area contributed by atoms with Gasteiger partial charge in [-0.2, -0.15) is 0 Å². The lowest BCUT2D eigenvalue weighted by molar-refractivity contribution is -0.355. The Morgan fingerprint density at radius 3 is 2.79 bits per heavy atom. The number of halogens is 2. The van der Waals surface area contributed by atoms with Crippen LogP contribution in [0, 0.1) is 0 Å². The van der Waals surface area contributed by atoms with Gasteiger partial charge in [-0.25, -0.2) is 0 Å². The third-order valence-corrected chi connectivity index (χ3v) is 1.39. The topological polar surface area (TPSA) is 35.5 Å². The zero-order valence-corrected chi connectivity index (χ0v) is 7.37. The first-order chi connectivity index (χ1) is 6.53. The van der Waals surface area contributed by atoms with Crippen molar-refractivity contribution in [3.63, 3.8) is 0 Å². The first-order valence-electron chi connectivity index (χ1n) is 3.78. The van der Waals surface area contributed by atoms with E-state index in [4.69, 9.17) is 0 Å². The lowest BCUT2D eigenvalue weighted by Crippen LogP contribution is -2.21. The normalized spacial score (nSPS) is 29.9. The SMILES string of the molecule is C\C1=C/C=C(C=O)\C=C\OC(F)(F)O1. The zero-order valence-electron chi connectivity index (χ0n) is 7.37. The Hall–Kier alpha value is -1.65. The highest BCUT2D eigenvalue weighted by Crippen LogP contribution is 2.22. The molecule has 0 radical (unpaired) electrons. The van der Waals surface area contributed by atoms with Crippen LogP contribution in [0.15, 0.2) is 35.8 Å². The van der Waals surface area contributed by atoms with Gasteiger partial charge in [0.15, 0.2) is 0 Å². The fourth-order valence-corrected chi connectivity index (χ4v) is 0.785. The van der Waals surface area contributed by atoms with Crippen LogP contribution in [0.3, 0.4) is 0 Å². The Morgan fingerprint density at radius 2 is 2.14 bits per heavy atom. The van der Waals surface area contributed by atoms with Gasteiger partial charge in [-0.3, -0.25) is 4.79 Å². The second kappa shape index (κ2) is 4.04. The number of carbonyl (C=O) groups is 1. The zero-order chi connectivity index (χ0) is 10.6. The van der Waals surface area contributed by atoms with Gasteiger partial charge in [0.2, 0.25) is 0 Å². The van der Waals surface area contributed by atoms with E-state index in [9.17, 15) is 13.6 Å². The van der Waals surface area contributed by atoms with Crippen LogP contribution in [0.4, 0.5) is 8.78 Å². The van der Waals surface area contributed by atoms with E-state index in [-0.39, 0.29) is 11.3 Å². The van der Waals surface area contributed by atoms with Crippen molar-refractivity contribution in [2.24, 2.45) is 0 Å². The van der Waals surface area contributed by atoms with E-state index in [1.807, 2.05) is 0 Å². The van der Waals surface area contributed by atoms with Crippen molar-refractivity contribution in [1.82, 2.24) is 0 Å². The molecular weight excluding hydrogens is 194 g/mol. The summed E-state index contributed by atoms with van der Waals surface area (Å²) in [6.07, 6.45) is 1.27. The monoisotopic (exact) mass is 202 g/mol. The molecule has 14 heavy (non-hydrogen) atoms. The first-order valence-corrected chi connectivity index (χ1v) is 3.78. The molecule has 0 saturated heterocycles. The molecule has 0 N–H and O–H groups in total. The number of hydrogen-bond donors (Lipinski definition) is 0. The van der Waals surface area contributed by atoms with Crippen molar-refractivity contribution < 1.29 is 23.0 Å². The highest BCUT2D eigenvalue weighted by molar-refractivity contribution is 5.77. The summed E-state index contributed by atoms with van der Waals surface area (Å²) in [7, 11) is 0. The molecule has 3 nitrogen and oxygen atoms in total. The van der Waals surface area contributed by atoms with E-state index in [1.165, 1.54) is 19.1 Å². The summed E-state index contributed by atoms with van der Waals surface area (Å²) in [5.41, 5.74) is 0.214. The van der Waals surface area contributed by atoms with Gasteiger partial charge in [0.25, 0.3) is 0 Å². The van der Waals surface area contributed by atoms with Crippen LogP contribution in [0.2, 0.25) is 0 Å². The van der Waals surface area contributed by atoms with Crippen LogP contribution in [-0.4, -0.2) is 12.6 Å². The predicted octanol–water partition coefficient (Wildman–Crippen LogP) is 2.13. The van der Waals surface area contributed by atoms with Crippen molar-refractivity contribution in [3.05, 3.63) is 35.8 Å². The predicted molar refractivity (Wildman–Crippen MR) is 44.2 cm³/mol. The van der Waals surface area contributed by atoms with E-state index in [0.29, 0.717) is 12.5 Å². The molecule has 0 aliphatic carbocycles. The number of allylic oxidation sites excluding steroid dienone is 5. The quantitative estimate of drug-likeness (QED) is 0.611. The Kier molecular flexibility index (Phi) is 3.01. The van der Waals surface area contributed by atoms with Crippen molar-refractivity contribution in [1.29, 1.82) is 0 Å². The summed E-state index contributed by atoms with van der Waals surface area (Å²) in [4.78, 5) is 10.4. The second-order valence-corrected chi connectivity index (χ2v) is 2.55. The van der Waals surface area contributed by atoms with Crippen LogP contribution in [0.5, 0.6) is 0 Å². The number of rotatable bonds is 1. The minimum absolute atomic E-state index is 0.0435. The van der Waals surface area contributed by atoms with E-state index in [0.717, 1.165) is 6.08 Å². The van der Waals surface area contributed by atoms with E-state index in [1.54, 1.807) is 0 Å². The molecule has 1 rings (SSSR count). The first kappa shape index (κ1) is 10.4. The van der Waals surface area contributed by atoms with Gasteiger partial charge >= 0.3 is 6.29 Å². The minimum Gasteiger partial charge on any atom is -0.407 e. The molecule has 0 fully saturated rings. The molecule has 0 amide bonds. The third kappa shape index (κ3) is 3.01. The fourth-order valence-electron chi connectivity index (χ4n) is 0.785. The molecule has 0 aromatic heterocycles. The molecule has 1 aliphatic rings. The molecule has 0 bridgehead atoms. The number of ether oxygens (including phenoxy) is 2. The molecule has 1 heterocycles. The molecule has 1 aliphatic heterocycles. The lowest BCUT2D eigenvalue weighted by atomic mass is 10.2.